The van der Waals surface area contributed by atoms with Gasteiger partial charge in [-0.15, -0.1) is 11.3 Å². The molecule has 1 aliphatic heterocycles. The molecule has 0 saturated heterocycles. The van der Waals surface area contributed by atoms with Gasteiger partial charge < -0.3 is 5.26 Å². The fraction of sp³-hybridized carbons (Fsp3) is 0.421. The van der Waals surface area contributed by atoms with Gasteiger partial charge in [-0.2, -0.15) is 8.91 Å². The molecule has 0 saturated carbocycles. The summed E-state index contributed by atoms with van der Waals surface area (Å²) in [6, 6.07) is 10.5. The molecule has 1 aliphatic rings. The first-order valence-electron chi connectivity index (χ1n) is 8.45. The van der Waals surface area contributed by atoms with Crippen molar-refractivity contribution in [3.8, 4) is 0 Å². The van der Waals surface area contributed by atoms with Crippen molar-refractivity contribution in [3.05, 3.63) is 46.2 Å². The van der Waals surface area contributed by atoms with E-state index >= 15 is 0 Å². The number of unbranched alkanes of at least 4 members (excludes halogenated alkanes) is 1. The minimum absolute atomic E-state index is 0.0298. The van der Waals surface area contributed by atoms with E-state index in [1.807, 2.05) is 17.4 Å². The van der Waals surface area contributed by atoms with Crippen LogP contribution in [-0.2, 0) is 21.2 Å². The van der Waals surface area contributed by atoms with Crippen LogP contribution in [0.4, 0.5) is 5.69 Å². The lowest BCUT2D eigenvalue weighted by Crippen LogP contribution is -2.26. The van der Waals surface area contributed by atoms with Crippen molar-refractivity contribution in [2.75, 3.05) is 6.54 Å². The Bertz CT molecular complexity index is 754. The van der Waals surface area contributed by atoms with E-state index in [9.17, 15) is 5.26 Å². The van der Waals surface area contributed by atoms with Gasteiger partial charge in [-0.3, -0.25) is 5.04 Å². The minimum atomic E-state index is -0.0298. The molecular formula is C19H23NO3S2. The van der Waals surface area contributed by atoms with Crippen LogP contribution in [0.25, 0.3) is 0 Å². The lowest BCUT2D eigenvalue weighted by molar-refractivity contribution is -0.777. The predicted octanol–water partition coefficient (Wildman–Crippen LogP) is 4.40. The van der Waals surface area contributed by atoms with Crippen molar-refractivity contribution in [2.24, 2.45) is 0 Å². The zero-order chi connectivity index (χ0) is 17.9. The summed E-state index contributed by atoms with van der Waals surface area (Å²) in [7, 11) is 0. The maximum absolute atomic E-state index is 10.0. The molecule has 3 rings (SSSR count). The Labute approximate surface area is 157 Å². The van der Waals surface area contributed by atoms with Gasteiger partial charge in [0.05, 0.1) is 17.5 Å². The van der Waals surface area contributed by atoms with E-state index in [2.05, 4.69) is 64.4 Å². The SMILES string of the molecule is CC1=[N+](CCCCc2cccs2)c2ccc(SOO[O-])cc2C1(C)C. The van der Waals surface area contributed by atoms with Crippen molar-refractivity contribution in [3.63, 3.8) is 0 Å². The number of rotatable bonds is 8. The molecule has 4 nitrogen and oxygen atoms in total. The molecule has 2 aromatic rings. The molecule has 0 atom stereocenters. The third kappa shape index (κ3) is 3.99. The van der Waals surface area contributed by atoms with Crippen molar-refractivity contribution in [2.45, 2.75) is 50.3 Å². The van der Waals surface area contributed by atoms with Gasteiger partial charge in [-0.25, -0.2) is 0 Å². The maximum Gasteiger partial charge on any atom is 0.209 e. The Morgan fingerprint density at radius 3 is 2.80 bits per heavy atom. The summed E-state index contributed by atoms with van der Waals surface area (Å²) in [4.78, 5) is 2.33. The topological polar surface area (TPSA) is 44.5 Å². The summed E-state index contributed by atoms with van der Waals surface area (Å²) in [6.45, 7) is 7.72. The number of hydrogen-bond acceptors (Lipinski definition) is 5. The van der Waals surface area contributed by atoms with Crippen molar-refractivity contribution in [1.29, 1.82) is 0 Å². The summed E-state index contributed by atoms with van der Waals surface area (Å²) in [5.74, 6) is 0. The molecule has 0 unspecified atom stereocenters. The first kappa shape index (κ1) is 18.6. The van der Waals surface area contributed by atoms with Crippen LogP contribution >= 0.6 is 23.4 Å². The molecule has 0 spiro atoms. The lowest BCUT2D eigenvalue weighted by atomic mass is 9.82. The van der Waals surface area contributed by atoms with Crippen molar-refractivity contribution >= 4 is 34.8 Å². The van der Waals surface area contributed by atoms with E-state index in [1.54, 1.807) is 0 Å². The zero-order valence-electron chi connectivity index (χ0n) is 14.8. The molecule has 2 heterocycles. The number of fused-ring (bicyclic) bond motifs is 1. The molecule has 0 radical (unpaired) electrons. The van der Waals surface area contributed by atoms with Crippen LogP contribution in [0.2, 0.25) is 0 Å². The molecule has 0 aliphatic carbocycles. The second-order valence-corrected chi connectivity index (χ2v) is 8.60. The predicted molar refractivity (Wildman–Crippen MR) is 100 cm³/mol. The van der Waals surface area contributed by atoms with E-state index in [4.69, 9.17) is 0 Å². The number of aryl methyl sites for hydroxylation is 1. The fourth-order valence-corrected chi connectivity index (χ4v) is 4.53. The molecule has 0 amide bonds. The Balaban J connectivity index is 1.70. The Morgan fingerprint density at radius 1 is 1.24 bits per heavy atom. The largest absolute Gasteiger partial charge is 0.691 e. The first-order valence-corrected chi connectivity index (χ1v) is 10.1. The molecule has 6 heteroatoms. The average Bonchev–Trinajstić information content (AvgIpc) is 3.18. The van der Waals surface area contributed by atoms with E-state index in [0.717, 1.165) is 36.3 Å². The van der Waals surface area contributed by atoms with Gasteiger partial charge in [-0.05, 0) is 50.3 Å². The summed E-state index contributed by atoms with van der Waals surface area (Å²) >= 11 is 2.79. The Hall–Kier alpha value is -1.18. The molecule has 1 aromatic carbocycles. The monoisotopic (exact) mass is 377 g/mol. The fourth-order valence-electron chi connectivity index (χ4n) is 3.38. The highest BCUT2D eigenvalue weighted by Crippen LogP contribution is 2.41. The van der Waals surface area contributed by atoms with Crippen LogP contribution in [0.1, 0.15) is 44.1 Å². The number of benzene rings is 1. The van der Waals surface area contributed by atoms with Crippen LogP contribution in [0.3, 0.4) is 0 Å². The average molecular weight is 378 g/mol. The zero-order valence-corrected chi connectivity index (χ0v) is 16.4. The van der Waals surface area contributed by atoms with E-state index in [-0.39, 0.29) is 5.41 Å². The third-order valence-electron chi connectivity index (χ3n) is 5.03. The van der Waals surface area contributed by atoms with Gasteiger partial charge in [0, 0.05) is 34.7 Å². The van der Waals surface area contributed by atoms with Crippen molar-refractivity contribution in [1.82, 2.24) is 0 Å². The highest BCUT2D eigenvalue weighted by Gasteiger charge is 2.42. The van der Waals surface area contributed by atoms with Crippen LogP contribution < -0.4 is 5.26 Å². The third-order valence-corrected chi connectivity index (χ3v) is 6.54. The molecule has 0 bridgehead atoms. The van der Waals surface area contributed by atoms with Crippen LogP contribution in [0.5, 0.6) is 0 Å². The second kappa shape index (κ2) is 8.01. The highest BCUT2D eigenvalue weighted by atomic mass is 32.2. The highest BCUT2D eigenvalue weighted by molar-refractivity contribution is 7.94. The molecule has 0 N–H and O–H groups in total. The van der Waals surface area contributed by atoms with Crippen molar-refractivity contribution < 1.29 is 19.2 Å². The summed E-state index contributed by atoms with van der Waals surface area (Å²) in [5, 5.41) is 15.6. The molecule has 0 fully saturated rings. The van der Waals surface area contributed by atoms with Crippen LogP contribution in [-0.4, -0.2) is 16.8 Å². The maximum atomic E-state index is 10.0. The van der Waals surface area contributed by atoms with Gasteiger partial charge in [-0.1, -0.05) is 6.07 Å². The van der Waals surface area contributed by atoms with E-state index in [1.165, 1.54) is 28.3 Å². The number of nitrogens with zero attached hydrogens (tertiary/aromatic N) is 1. The number of hydrogen-bond donors (Lipinski definition) is 0. The van der Waals surface area contributed by atoms with Gasteiger partial charge in [0.1, 0.15) is 6.54 Å². The summed E-state index contributed by atoms with van der Waals surface area (Å²) in [5.41, 5.74) is 3.85. The van der Waals surface area contributed by atoms with Gasteiger partial charge in [0.2, 0.25) is 5.69 Å². The van der Waals surface area contributed by atoms with E-state index in [0.29, 0.717) is 0 Å². The molecule has 25 heavy (non-hydrogen) atoms. The normalized spacial score (nSPS) is 15.7. The quantitative estimate of drug-likeness (QED) is 0.225. The van der Waals surface area contributed by atoms with E-state index < -0.39 is 0 Å². The van der Waals surface area contributed by atoms with Gasteiger partial charge in [0.25, 0.3) is 0 Å². The Morgan fingerprint density at radius 2 is 2.08 bits per heavy atom. The second-order valence-electron chi connectivity index (χ2n) is 6.80. The standard InChI is InChI=1S/C19H23NO3S2/c1-14-19(2,3)17-13-16(25-23-22-21)9-10-18(17)20(14)11-5-4-7-15-8-6-12-24-15/h6,8-10,12-13H,4-5,7,11H2,1-3H3. The first-order chi connectivity index (χ1) is 12.0. The van der Waals surface area contributed by atoms with Gasteiger partial charge >= 0.3 is 0 Å². The smallest absolute Gasteiger partial charge is 0.209 e. The molecule has 134 valence electrons. The van der Waals surface area contributed by atoms with Crippen LogP contribution in [0, 0.1) is 0 Å². The summed E-state index contributed by atoms with van der Waals surface area (Å²) in [6.07, 6.45) is 3.51. The lowest BCUT2D eigenvalue weighted by Gasteiger charge is -2.15. The Kier molecular flexibility index (Phi) is 5.96. The van der Waals surface area contributed by atoms with Gasteiger partial charge in [0.15, 0.2) is 5.71 Å². The molecular weight excluding hydrogens is 354 g/mol. The van der Waals surface area contributed by atoms with Crippen LogP contribution in [0.15, 0.2) is 40.6 Å². The molecule has 1 aromatic heterocycles. The summed E-state index contributed by atoms with van der Waals surface area (Å²) < 4.78 is 6.89. The minimum Gasteiger partial charge on any atom is -0.691 e. The number of thiophene rings is 1.